The van der Waals surface area contributed by atoms with Gasteiger partial charge in [0.2, 0.25) is 5.91 Å². The fourth-order valence-corrected chi connectivity index (χ4v) is 2.64. The zero-order valence-electron chi connectivity index (χ0n) is 14.3. The number of carbonyl (C=O) groups is 3. The van der Waals surface area contributed by atoms with Gasteiger partial charge in [0.05, 0.1) is 18.4 Å². The molecule has 1 unspecified atom stereocenters. The lowest BCUT2D eigenvalue weighted by Gasteiger charge is -2.20. The van der Waals surface area contributed by atoms with E-state index in [1.807, 2.05) is 13.8 Å². The molecule has 2 atom stereocenters. The first-order valence-corrected chi connectivity index (χ1v) is 8.37. The number of carboxylic acids is 1. The van der Waals surface area contributed by atoms with Crippen molar-refractivity contribution >= 4 is 29.5 Å². The predicted octanol–water partition coefficient (Wildman–Crippen LogP) is 2.30. The Morgan fingerprint density at radius 3 is 2.48 bits per heavy atom. The van der Waals surface area contributed by atoms with Crippen LogP contribution in [0, 0.1) is 11.8 Å². The van der Waals surface area contributed by atoms with E-state index < -0.39 is 29.9 Å². The zero-order chi connectivity index (χ0) is 19.0. The van der Waals surface area contributed by atoms with Gasteiger partial charge >= 0.3 is 12.0 Å². The van der Waals surface area contributed by atoms with E-state index in [2.05, 4.69) is 10.6 Å². The van der Waals surface area contributed by atoms with Crippen molar-refractivity contribution in [2.24, 2.45) is 17.6 Å². The van der Waals surface area contributed by atoms with Crippen LogP contribution in [-0.4, -0.2) is 29.6 Å². The SMILES string of the molecule is CC(C)CC(CNC(=O)N[C@H](CC(N)=O)c1cccc(Cl)c1)C(=O)O. The Hall–Kier alpha value is -2.28. The number of hydrogen-bond donors (Lipinski definition) is 4. The molecule has 0 aliphatic heterocycles. The summed E-state index contributed by atoms with van der Waals surface area (Å²) in [5, 5.41) is 14.8. The molecule has 7 nitrogen and oxygen atoms in total. The second kappa shape index (κ2) is 9.88. The van der Waals surface area contributed by atoms with Crippen LogP contribution in [0.15, 0.2) is 24.3 Å². The minimum absolute atomic E-state index is 0.00180. The third-order valence-electron chi connectivity index (χ3n) is 3.58. The summed E-state index contributed by atoms with van der Waals surface area (Å²) >= 11 is 5.94. The van der Waals surface area contributed by atoms with Gasteiger partial charge in [-0.2, -0.15) is 0 Å². The van der Waals surface area contributed by atoms with Crippen LogP contribution >= 0.6 is 11.6 Å². The highest BCUT2D eigenvalue weighted by molar-refractivity contribution is 6.30. The maximum Gasteiger partial charge on any atom is 0.315 e. The van der Waals surface area contributed by atoms with Crippen LogP contribution in [0.25, 0.3) is 0 Å². The molecule has 3 amide bonds. The first-order valence-electron chi connectivity index (χ1n) is 8.00. The molecular formula is C17H24ClN3O4. The van der Waals surface area contributed by atoms with Gasteiger partial charge in [0, 0.05) is 11.6 Å². The second-order valence-corrected chi connectivity index (χ2v) is 6.73. The Morgan fingerprint density at radius 2 is 1.96 bits per heavy atom. The van der Waals surface area contributed by atoms with Crippen molar-refractivity contribution in [1.82, 2.24) is 10.6 Å². The summed E-state index contributed by atoms with van der Waals surface area (Å²) in [6.45, 7) is 3.83. The van der Waals surface area contributed by atoms with Gasteiger partial charge in [-0.15, -0.1) is 0 Å². The number of nitrogens with two attached hydrogens (primary N) is 1. The van der Waals surface area contributed by atoms with E-state index >= 15 is 0 Å². The molecule has 0 aliphatic carbocycles. The van der Waals surface area contributed by atoms with Gasteiger partial charge in [0.25, 0.3) is 0 Å². The van der Waals surface area contributed by atoms with Gasteiger partial charge in [-0.05, 0) is 30.0 Å². The maximum atomic E-state index is 12.1. The molecule has 1 rings (SSSR count). The Morgan fingerprint density at radius 1 is 1.28 bits per heavy atom. The summed E-state index contributed by atoms with van der Waals surface area (Å²) in [6, 6.07) is 5.52. The van der Waals surface area contributed by atoms with Gasteiger partial charge in [-0.1, -0.05) is 37.6 Å². The molecule has 0 bridgehead atoms. The van der Waals surface area contributed by atoms with Gasteiger partial charge < -0.3 is 21.5 Å². The lowest BCUT2D eigenvalue weighted by molar-refractivity contribution is -0.142. The lowest BCUT2D eigenvalue weighted by atomic mass is 9.97. The van der Waals surface area contributed by atoms with Gasteiger partial charge in [-0.25, -0.2) is 4.79 Å². The van der Waals surface area contributed by atoms with E-state index in [9.17, 15) is 19.5 Å². The highest BCUT2D eigenvalue weighted by atomic mass is 35.5. The minimum atomic E-state index is -0.961. The summed E-state index contributed by atoms with van der Waals surface area (Å²) in [5.74, 6) is -2.02. The van der Waals surface area contributed by atoms with Gasteiger partial charge in [0.15, 0.2) is 0 Å². The number of amides is 3. The molecule has 5 N–H and O–H groups in total. The molecular weight excluding hydrogens is 346 g/mol. The van der Waals surface area contributed by atoms with Gasteiger partial charge in [-0.3, -0.25) is 9.59 Å². The quantitative estimate of drug-likeness (QED) is 0.533. The summed E-state index contributed by atoms with van der Waals surface area (Å²) in [6.07, 6.45) is 0.358. The van der Waals surface area contributed by atoms with Crippen molar-refractivity contribution in [3.05, 3.63) is 34.9 Å². The Bertz CT molecular complexity index is 622. The number of halogens is 1. The highest BCUT2D eigenvalue weighted by Gasteiger charge is 2.21. The Balaban J connectivity index is 2.71. The minimum Gasteiger partial charge on any atom is -0.481 e. The molecule has 0 fully saturated rings. The number of urea groups is 1. The summed E-state index contributed by atoms with van der Waals surface area (Å²) < 4.78 is 0. The number of aliphatic carboxylic acids is 1. The van der Waals surface area contributed by atoms with E-state index in [-0.39, 0.29) is 18.9 Å². The van der Waals surface area contributed by atoms with Crippen molar-refractivity contribution in [3.8, 4) is 0 Å². The van der Waals surface area contributed by atoms with Crippen molar-refractivity contribution in [2.75, 3.05) is 6.54 Å². The lowest BCUT2D eigenvalue weighted by Crippen LogP contribution is -2.42. The number of benzene rings is 1. The fraction of sp³-hybridized carbons (Fsp3) is 0.471. The molecule has 0 heterocycles. The Labute approximate surface area is 151 Å². The topological polar surface area (TPSA) is 122 Å². The first-order chi connectivity index (χ1) is 11.7. The molecule has 1 aromatic rings. The molecule has 138 valence electrons. The molecule has 0 spiro atoms. The number of nitrogens with one attached hydrogen (secondary N) is 2. The predicted molar refractivity (Wildman–Crippen MR) is 95.1 cm³/mol. The van der Waals surface area contributed by atoms with Crippen LogP contribution in [0.5, 0.6) is 0 Å². The molecule has 0 aromatic heterocycles. The first kappa shape index (κ1) is 20.8. The summed E-state index contributed by atoms with van der Waals surface area (Å²) in [7, 11) is 0. The third-order valence-corrected chi connectivity index (χ3v) is 3.81. The van der Waals surface area contributed by atoms with Crippen molar-refractivity contribution < 1.29 is 19.5 Å². The zero-order valence-corrected chi connectivity index (χ0v) is 15.0. The number of primary amides is 1. The molecule has 25 heavy (non-hydrogen) atoms. The van der Waals surface area contributed by atoms with Crippen LogP contribution in [0.2, 0.25) is 5.02 Å². The van der Waals surface area contributed by atoms with Crippen molar-refractivity contribution in [1.29, 1.82) is 0 Å². The third kappa shape index (κ3) is 7.89. The second-order valence-electron chi connectivity index (χ2n) is 6.30. The number of carboxylic acid groups (broad SMARTS) is 1. The van der Waals surface area contributed by atoms with Crippen LogP contribution < -0.4 is 16.4 Å². The molecule has 0 saturated carbocycles. The van der Waals surface area contributed by atoms with E-state index in [0.29, 0.717) is 17.0 Å². The Kier molecular flexibility index (Phi) is 8.21. The van der Waals surface area contributed by atoms with Crippen molar-refractivity contribution in [3.63, 3.8) is 0 Å². The molecule has 0 radical (unpaired) electrons. The highest BCUT2D eigenvalue weighted by Crippen LogP contribution is 2.20. The van der Waals surface area contributed by atoms with Crippen LogP contribution in [-0.2, 0) is 9.59 Å². The number of rotatable bonds is 9. The average Bonchev–Trinajstić information content (AvgIpc) is 2.49. The number of hydrogen-bond acceptors (Lipinski definition) is 3. The average molecular weight is 370 g/mol. The molecule has 8 heteroatoms. The molecule has 1 aromatic carbocycles. The maximum absolute atomic E-state index is 12.1. The normalized spacial score (nSPS) is 13.1. The smallest absolute Gasteiger partial charge is 0.315 e. The van der Waals surface area contributed by atoms with E-state index in [1.165, 1.54) is 0 Å². The van der Waals surface area contributed by atoms with E-state index in [4.69, 9.17) is 17.3 Å². The van der Waals surface area contributed by atoms with Crippen molar-refractivity contribution in [2.45, 2.75) is 32.7 Å². The van der Waals surface area contributed by atoms with Crippen LogP contribution in [0.1, 0.15) is 38.3 Å². The van der Waals surface area contributed by atoms with Crippen LogP contribution in [0.3, 0.4) is 0 Å². The summed E-state index contributed by atoms with van der Waals surface area (Å²) in [4.78, 5) is 34.6. The monoisotopic (exact) mass is 369 g/mol. The fourth-order valence-electron chi connectivity index (χ4n) is 2.44. The van der Waals surface area contributed by atoms with E-state index in [1.54, 1.807) is 24.3 Å². The molecule has 0 aliphatic rings. The standard InChI is InChI=1S/C17H24ClN3O4/c1-10(2)6-12(16(23)24)9-20-17(25)21-14(8-15(19)22)11-4-3-5-13(18)7-11/h3-5,7,10,12,14H,6,8-9H2,1-2H3,(H2,19,22)(H,23,24)(H2,20,21,25)/t12?,14-/m1/s1. The summed E-state index contributed by atoms with van der Waals surface area (Å²) in [5.41, 5.74) is 5.88. The van der Waals surface area contributed by atoms with Crippen LogP contribution in [0.4, 0.5) is 4.79 Å². The van der Waals surface area contributed by atoms with E-state index in [0.717, 1.165) is 0 Å². The number of carbonyl (C=O) groups excluding carboxylic acids is 2. The largest absolute Gasteiger partial charge is 0.481 e. The van der Waals surface area contributed by atoms with Gasteiger partial charge in [0.1, 0.15) is 0 Å². The molecule has 0 saturated heterocycles.